The predicted octanol–water partition coefficient (Wildman–Crippen LogP) is 3.89. The number of carboxylic acids is 1. The van der Waals surface area contributed by atoms with Gasteiger partial charge in [0, 0.05) is 0 Å². The molecule has 0 aliphatic heterocycles. The van der Waals surface area contributed by atoms with Gasteiger partial charge >= 0.3 is 29.9 Å². The van der Waals surface area contributed by atoms with Crippen molar-refractivity contribution in [3.8, 4) is 0 Å². The smallest absolute Gasteiger partial charge is 0.418 e. The Morgan fingerprint density at radius 1 is 0.700 bits per heavy atom. The van der Waals surface area contributed by atoms with Crippen LogP contribution in [-0.4, -0.2) is 29.6 Å². The van der Waals surface area contributed by atoms with Gasteiger partial charge < -0.3 is 5.11 Å². The zero-order chi connectivity index (χ0) is 16.7. The molecular weight excluding hydrogens is 325 g/mol. The average Bonchev–Trinajstić information content (AvgIpc) is 2.09. The molecule has 0 rings (SSSR count). The lowest BCUT2D eigenvalue weighted by atomic mass is 9.83. The number of alkyl halides is 9. The van der Waals surface area contributed by atoms with Crippen LogP contribution in [0.15, 0.2) is 11.7 Å². The molecule has 118 valence electrons. The van der Waals surface area contributed by atoms with Crippen molar-refractivity contribution >= 4 is 5.97 Å². The van der Waals surface area contributed by atoms with E-state index in [0.717, 1.165) is 0 Å². The van der Waals surface area contributed by atoms with Crippen LogP contribution in [0.2, 0.25) is 0 Å². The molecule has 0 aromatic carbocycles. The summed E-state index contributed by atoms with van der Waals surface area (Å²) in [4.78, 5) is 9.79. The highest BCUT2D eigenvalue weighted by Gasteiger charge is 2.87. The Bertz CT molecular complexity index is 387. The van der Waals surface area contributed by atoms with E-state index in [4.69, 9.17) is 5.11 Å². The molecule has 0 heterocycles. The molecule has 0 aromatic rings. The molecule has 0 saturated heterocycles. The summed E-state index contributed by atoms with van der Waals surface area (Å²) in [6.45, 7) is 0. The molecule has 0 saturated carbocycles. The van der Waals surface area contributed by atoms with Crippen molar-refractivity contribution in [1.82, 2.24) is 0 Å². The fourth-order valence-electron chi connectivity index (χ4n) is 1.11. The van der Waals surface area contributed by atoms with E-state index in [1.165, 1.54) is 0 Å². The van der Waals surface area contributed by atoms with Crippen molar-refractivity contribution in [2.45, 2.75) is 18.5 Å². The van der Waals surface area contributed by atoms with Crippen molar-refractivity contribution in [1.29, 1.82) is 0 Å². The van der Waals surface area contributed by atoms with Gasteiger partial charge in [0.15, 0.2) is 5.83 Å². The second-order valence-electron chi connectivity index (χ2n) is 3.18. The maximum Gasteiger partial charge on any atom is 0.418 e. The van der Waals surface area contributed by atoms with Crippen LogP contribution in [-0.2, 0) is 4.79 Å². The Morgan fingerprint density at radius 2 is 0.950 bits per heavy atom. The summed E-state index contributed by atoms with van der Waals surface area (Å²) in [6.07, 6.45) is -22.2. The SMILES string of the molecule is O=C(O)/C(F)=C(\F)C(C(F)(F)F)(C(F)(F)F)C(F)(F)F. The lowest BCUT2D eigenvalue weighted by molar-refractivity contribution is -0.416. The van der Waals surface area contributed by atoms with E-state index < -0.39 is 41.6 Å². The van der Waals surface area contributed by atoms with Gasteiger partial charge in [-0.15, -0.1) is 0 Å². The first-order chi connectivity index (χ1) is 8.51. The normalized spacial score (nSPS) is 15.9. The Morgan fingerprint density at radius 3 is 1.10 bits per heavy atom. The number of carboxylic acid groups (broad SMARTS) is 1. The van der Waals surface area contributed by atoms with E-state index >= 15 is 0 Å². The lowest BCUT2D eigenvalue weighted by Crippen LogP contribution is -2.60. The van der Waals surface area contributed by atoms with Crippen LogP contribution in [0.5, 0.6) is 0 Å². The summed E-state index contributed by atoms with van der Waals surface area (Å²) in [5, 5.41) is 7.74. The fourth-order valence-corrected chi connectivity index (χ4v) is 1.11. The largest absolute Gasteiger partial charge is 0.476 e. The third-order valence-corrected chi connectivity index (χ3v) is 1.99. The first-order valence-corrected chi connectivity index (χ1v) is 4.01. The molecule has 0 amide bonds. The molecule has 13 heteroatoms. The highest BCUT2D eigenvalue weighted by molar-refractivity contribution is 5.84. The fraction of sp³-hybridized carbons (Fsp3) is 0.571. The van der Waals surface area contributed by atoms with E-state index in [2.05, 4.69) is 0 Å². The first kappa shape index (κ1) is 18.4. The second kappa shape index (κ2) is 4.77. The van der Waals surface area contributed by atoms with Gasteiger partial charge in [0.1, 0.15) is 0 Å². The molecule has 0 bridgehead atoms. The molecule has 0 aliphatic carbocycles. The molecule has 20 heavy (non-hydrogen) atoms. The number of halogens is 11. The summed E-state index contributed by atoms with van der Waals surface area (Å²) >= 11 is 0. The van der Waals surface area contributed by atoms with E-state index in [1.54, 1.807) is 0 Å². The minimum atomic E-state index is -7.42. The summed E-state index contributed by atoms with van der Waals surface area (Å²) in [7, 11) is 0. The average molecular weight is 326 g/mol. The van der Waals surface area contributed by atoms with Crippen LogP contribution in [0, 0.1) is 5.41 Å². The molecule has 0 fully saturated rings. The third-order valence-electron chi connectivity index (χ3n) is 1.99. The third kappa shape index (κ3) is 2.52. The van der Waals surface area contributed by atoms with Crippen molar-refractivity contribution in [2.24, 2.45) is 5.41 Å². The van der Waals surface area contributed by atoms with Crippen LogP contribution in [0.4, 0.5) is 48.3 Å². The molecular formula is C7HF11O2. The monoisotopic (exact) mass is 326 g/mol. The van der Waals surface area contributed by atoms with Gasteiger partial charge in [-0.3, -0.25) is 0 Å². The van der Waals surface area contributed by atoms with E-state index in [-0.39, 0.29) is 0 Å². The molecule has 1 N–H and O–H groups in total. The van der Waals surface area contributed by atoms with E-state index in [1.807, 2.05) is 0 Å². The van der Waals surface area contributed by atoms with E-state index in [9.17, 15) is 53.1 Å². The molecule has 0 aliphatic rings. The Hall–Kier alpha value is -1.56. The van der Waals surface area contributed by atoms with E-state index in [0.29, 0.717) is 0 Å². The maximum absolute atomic E-state index is 12.8. The molecule has 0 radical (unpaired) electrons. The quantitative estimate of drug-likeness (QED) is 0.617. The number of carbonyl (C=O) groups is 1. The maximum atomic E-state index is 12.8. The van der Waals surface area contributed by atoms with Crippen LogP contribution < -0.4 is 0 Å². The highest BCUT2D eigenvalue weighted by Crippen LogP contribution is 2.64. The highest BCUT2D eigenvalue weighted by atomic mass is 19.4. The van der Waals surface area contributed by atoms with Gasteiger partial charge in [0.2, 0.25) is 5.83 Å². The Kier molecular flexibility index (Phi) is 4.40. The van der Waals surface area contributed by atoms with Crippen molar-refractivity contribution < 1.29 is 58.2 Å². The molecule has 0 aromatic heterocycles. The molecule has 0 unspecified atom stereocenters. The molecule has 0 atom stereocenters. The van der Waals surface area contributed by atoms with Crippen molar-refractivity contribution in [3.63, 3.8) is 0 Å². The standard InChI is InChI=1S/C7HF11O2/c8-1(3(19)20)2(9)4(5(10,11)12,6(13,14)15)7(16,17)18/h(H,19,20)/b2-1+. The van der Waals surface area contributed by atoms with Crippen molar-refractivity contribution in [3.05, 3.63) is 11.7 Å². The lowest BCUT2D eigenvalue weighted by Gasteiger charge is -2.36. The van der Waals surface area contributed by atoms with Gasteiger partial charge in [0.05, 0.1) is 0 Å². The van der Waals surface area contributed by atoms with Crippen LogP contribution in [0.1, 0.15) is 0 Å². The van der Waals surface area contributed by atoms with Crippen LogP contribution >= 0.6 is 0 Å². The van der Waals surface area contributed by atoms with Gasteiger partial charge in [-0.2, -0.15) is 43.9 Å². The predicted molar refractivity (Wildman–Crippen MR) is 37.5 cm³/mol. The Balaban J connectivity index is 6.83. The molecule has 2 nitrogen and oxygen atoms in total. The summed E-state index contributed by atoms with van der Waals surface area (Å²) in [6, 6.07) is 0. The second-order valence-corrected chi connectivity index (χ2v) is 3.18. The number of hydrogen-bond acceptors (Lipinski definition) is 1. The van der Waals surface area contributed by atoms with Gasteiger partial charge in [-0.25, -0.2) is 9.18 Å². The summed E-state index contributed by atoms with van der Waals surface area (Å²) in [5.74, 6) is -11.8. The number of hydrogen-bond donors (Lipinski definition) is 1. The summed E-state index contributed by atoms with van der Waals surface area (Å²) in [5.41, 5.74) is -7.27. The minimum absolute atomic E-state index is 3.36. The zero-order valence-electron chi connectivity index (χ0n) is 8.51. The molecule has 0 spiro atoms. The van der Waals surface area contributed by atoms with Gasteiger partial charge in [0.25, 0.3) is 0 Å². The Labute approximate surface area is 101 Å². The first-order valence-electron chi connectivity index (χ1n) is 4.01. The van der Waals surface area contributed by atoms with Crippen LogP contribution in [0.3, 0.4) is 0 Å². The number of rotatable bonds is 2. The topological polar surface area (TPSA) is 37.3 Å². The van der Waals surface area contributed by atoms with Crippen LogP contribution in [0.25, 0.3) is 0 Å². The number of aliphatic carboxylic acids is 1. The zero-order valence-corrected chi connectivity index (χ0v) is 8.51. The van der Waals surface area contributed by atoms with Gasteiger partial charge in [-0.1, -0.05) is 0 Å². The summed E-state index contributed by atoms with van der Waals surface area (Å²) < 4.78 is 135. The minimum Gasteiger partial charge on any atom is -0.476 e. The van der Waals surface area contributed by atoms with Crippen molar-refractivity contribution in [2.75, 3.05) is 0 Å². The van der Waals surface area contributed by atoms with Gasteiger partial charge in [-0.05, 0) is 0 Å². The number of allylic oxidation sites excluding steroid dienone is 1.